The van der Waals surface area contributed by atoms with Gasteiger partial charge in [-0.2, -0.15) is 9.78 Å². The van der Waals surface area contributed by atoms with Crippen molar-refractivity contribution < 1.29 is 33.7 Å². The Morgan fingerprint density at radius 3 is 2.46 bits per heavy atom. The van der Waals surface area contributed by atoms with Gasteiger partial charge in [0.1, 0.15) is 23.9 Å². The fourth-order valence-corrected chi connectivity index (χ4v) is 3.60. The number of amides is 1. The van der Waals surface area contributed by atoms with E-state index in [1.54, 1.807) is 31.2 Å². The van der Waals surface area contributed by atoms with Gasteiger partial charge in [0.05, 0.1) is 25.7 Å². The zero-order valence-electron chi connectivity index (χ0n) is 21.5. The maximum absolute atomic E-state index is 14.6. The summed E-state index contributed by atoms with van der Waals surface area (Å²) in [6.07, 6.45) is -1.21. The molecule has 2 aromatic carbocycles. The highest BCUT2D eigenvalue weighted by Gasteiger charge is 2.26. The van der Waals surface area contributed by atoms with Gasteiger partial charge in [0, 0.05) is 6.07 Å². The molecule has 1 aromatic heterocycles. The standard InChI is InChI=1S/C27H32FN3O6/c1-16-12-17(36-5)10-11-18(16)20(14-25(33)34)29-26(35)21-13-24(37-15-23(32)27(2,3)4)31(30-21)22-9-7-6-8-19(22)28/h6-13,20,23,32H,14-15H2,1-5H3,(H,29,35)(H,33,34)/t20-,23-/m0/s1. The van der Waals surface area contributed by atoms with Gasteiger partial charge in [0.2, 0.25) is 5.88 Å². The number of rotatable bonds is 10. The maximum Gasteiger partial charge on any atom is 0.305 e. The molecule has 10 heteroatoms. The number of carboxylic acid groups (broad SMARTS) is 1. The summed E-state index contributed by atoms with van der Waals surface area (Å²) < 4.78 is 26.7. The predicted molar refractivity (Wildman–Crippen MR) is 135 cm³/mol. The fourth-order valence-electron chi connectivity index (χ4n) is 3.60. The number of carboxylic acids is 1. The number of aliphatic carboxylic acids is 1. The Kier molecular flexibility index (Phi) is 8.54. The van der Waals surface area contributed by atoms with Gasteiger partial charge in [-0.15, -0.1) is 0 Å². The number of aliphatic hydroxyl groups excluding tert-OH is 1. The molecule has 0 unspecified atom stereocenters. The summed E-state index contributed by atoms with van der Waals surface area (Å²) in [5, 5.41) is 26.8. The van der Waals surface area contributed by atoms with Crippen LogP contribution in [0.2, 0.25) is 0 Å². The van der Waals surface area contributed by atoms with Crippen LogP contribution in [-0.4, -0.2) is 51.7 Å². The van der Waals surface area contributed by atoms with Crippen molar-refractivity contribution >= 4 is 11.9 Å². The molecule has 3 N–H and O–H groups in total. The van der Waals surface area contributed by atoms with Gasteiger partial charge < -0.3 is 25.0 Å². The zero-order valence-corrected chi connectivity index (χ0v) is 21.5. The zero-order chi connectivity index (χ0) is 27.3. The van der Waals surface area contributed by atoms with E-state index in [0.29, 0.717) is 11.3 Å². The Bertz CT molecular complexity index is 1270. The van der Waals surface area contributed by atoms with Crippen molar-refractivity contribution in [3.05, 3.63) is 71.2 Å². The number of carbonyl (C=O) groups is 2. The summed E-state index contributed by atoms with van der Waals surface area (Å²) >= 11 is 0. The second-order valence-electron chi connectivity index (χ2n) is 9.77. The SMILES string of the molecule is COc1ccc([C@H](CC(=O)O)NC(=O)c2cc(OC[C@H](O)C(C)(C)C)n(-c3ccccc3F)n2)c(C)c1. The Labute approximate surface area is 214 Å². The molecule has 3 rings (SSSR count). The second kappa shape index (κ2) is 11.4. The second-order valence-corrected chi connectivity index (χ2v) is 9.77. The lowest BCUT2D eigenvalue weighted by Crippen LogP contribution is -2.32. The number of nitrogens with zero attached hydrogens (tertiary/aromatic N) is 2. The van der Waals surface area contributed by atoms with Crippen LogP contribution < -0.4 is 14.8 Å². The molecule has 0 fully saturated rings. The van der Waals surface area contributed by atoms with Crippen LogP contribution in [0.3, 0.4) is 0 Å². The van der Waals surface area contributed by atoms with E-state index in [1.807, 2.05) is 20.8 Å². The summed E-state index contributed by atoms with van der Waals surface area (Å²) in [5.74, 6) is -1.70. The van der Waals surface area contributed by atoms with Gasteiger partial charge in [0.15, 0.2) is 5.69 Å². The molecule has 1 heterocycles. The Morgan fingerprint density at radius 1 is 1.16 bits per heavy atom. The molecule has 2 atom stereocenters. The molecule has 0 saturated heterocycles. The molecule has 0 saturated carbocycles. The average molecular weight is 514 g/mol. The summed E-state index contributed by atoms with van der Waals surface area (Å²) in [4.78, 5) is 24.8. The van der Waals surface area contributed by atoms with Crippen LogP contribution in [-0.2, 0) is 4.79 Å². The smallest absolute Gasteiger partial charge is 0.305 e. The quantitative estimate of drug-likeness (QED) is 0.374. The highest BCUT2D eigenvalue weighted by Crippen LogP contribution is 2.27. The molecular weight excluding hydrogens is 481 g/mol. The van der Waals surface area contributed by atoms with E-state index in [2.05, 4.69) is 10.4 Å². The van der Waals surface area contributed by atoms with Gasteiger partial charge in [-0.1, -0.05) is 39.0 Å². The number of para-hydroxylation sites is 1. The van der Waals surface area contributed by atoms with Gasteiger partial charge in [-0.3, -0.25) is 9.59 Å². The van der Waals surface area contributed by atoms with Crippen molar-refractivity contribution in [2.24, 2.45) is 5.41 Å². The molecule has 0 aliphatic carbocycles. The molecule has 0 radical (unpaired) electrons. The fraction of sp³-hybridized carbons (Fsp3) is 0.370. The molecule has 0 aliphatic rings. The van der Waals surface area contributed by atoms with Crippen LogP contribution in [0.5, 0.6) is 11.6 Å². The average Bonchev–Trinajstić information content (AvgIpc) is 3.25. The highest BCUT2D eigenvalue weighted by atomic mass is 19.1. The molecule has 37 heavy (non-hydrogen) atoms. The summed E-state index contributed by atoms with van der Waals surface area (Å²) in [5.41, 5.74) is 0.821. The van der Waals surface area contributed by atoms with Crippen LogP contribution in [0.4, 0.5) is 4.39 Å². The number of benzene rings is 2. The number of nitrogens with one attached hydrogen (secondary N) is 1. The number of halogens is 1. The van der Waals surface area contributed by atoms with Crippen molar-refractivity contribution in [3.8, 4) is 17.3 Å². The summed E-state index contributed by atoms with van der Waals surface area (Å²) in [6.45, 7) is 7.21. The first-order valence-corrected chi connectivity index (χ1v) is 11.7. The summed E-state index contributed by atoms with van der Waals surface area (Å²) in [7, 11) is 1.52. The van der Waals surface area contributed by atoms with Crippen molar-refractivity contribution in [3.63, 3.8) is 0 Å². The van der Waals surface area contributed by atoms with Crippen LogP contribution in [0, 0.1) is 18.2 Å². The molecular formula is C27H32FN3O6. The Balaban J connectivity index is 1.95. The van der Waals surface area contributed by atoms with Crippen molar-refractivity contribution in [1.29, 1.82) is 0 Å². The van der Waals surface area contributed by atoms with Gasteiger partial charge in [0.25, 0.3) is 5.91 Å². The number of hydrogen-bond acceptors (Lipinski definition) is 6. The number of methoxy groups -OCH3 is 1. The Hall–Kier alpha value is -3.92. The van der Waals surface area contributed by atoms with Gasteiger partial charge in [-0.05, 0) is 47.7 Å². The Morgan fingerprint density at radius 2 is 1.86 bits per heavy atom. The van der Waals surface area contributed by atoms with Crippen molar-refractivity contribution in [1.82, 2.24) is 15.1 Å². The lowest BCUT2D eigenvalue weighted by atomic mass is 9.90. The number of hydrogen-bond donors (Lipinski definition) is 3. The normalized spacial score (nSPS) is 13.1. The molecule has 0 bridgehead atoms. The van der Waals surface area contributed by atoms with Crippen LogP contribution in [0.1, 0.15) is 54.8 Å². The van der Waals surface area contributed by atoms with Crippen LogP contribution in [0.15, 0.2) is 48.5 Å². The van der Waals surface area contributed by atoms with E-state index in [9.17, 15) is 24.2 Å². The van der Waals surface area contributed by atoms with E-state index in [-0.39, 0.29) is 30.3 Å². The number of aromatic nitrogens is 2. The van der Waals surface area contributed by atoms with Gasteiger partial charge >= 0.3 is 5.97 Å². The van der Waals surface area contributed by atoms with Crippen LogP contribution in [0.25, 0.3) is 5.69 Å². The first kappa shape index (κ1) is 27.7. The van der Waals surface area contributed by atoms with E-state index >= 15 is 0 Å². The van der Waals surface area contributed by atoms with Crippen molar-refractivity contribution in [2.75, 3.05) is 13.7 Å². The first-order chi connectivity index (χ1) is 17.4. The minimum atomic E-state index is -1.10. The van der Waals surface area contributed by atoms with Gasteiger partial charge in [-0.25, -0.2) is 4.39 Å². The number of aryl methyl sites for hydroxylation is 1. The summed E-state index contributed by atoms with van der Waals surface area (Å²) in [6, 6.07) is 11.5. The number of aliphatic hydroxyl groups is 1. The minimum Gasteiger partial charge on any atom is -0.497 e. The number of ether oxygens (including phenoxy) is 2. The molecule has 0 aliphatic heterocycles. The lowest BCUT2D eigenvalue weighted by Gasteiger charge is -2.25. The van der Waals surface area contributed by atoms with E-state index in [4.69, 9.17) is 9.47 Å². The third kappa shape index (κ3) is 6.85. The lowest BCUT2D eigenvalue weighted by molar-refractivity contribution is -0.137. The third-order valence-electron chi connectivity index (χ3n) is 5.92. The topological polar surface area (TPSA) is 123 Å². The maximum atomic E-state index is 14.6. The molecule has 198 valence electrons. The molecule has 0 spiro atoms. The van der Waals surface area contributed by atoms with E-state index in [0.717, 1.165) is 10.2 Å². The largest absolute Gasteiger partial charge is 0.497 e. The number of carbonyl (C=O) groups excluding carboxylic acids is 1. The third-order valence-corrected chi connectivity index (χ3v) is 5.92. The molecule has 1 amide bonds. The minimum absolute atomic E-state index is 0.0500. The highest BCUT2D eigenvalue weighted by molar-refractivity contribution is 5.93. The van der Waals surface area contributed by atoms with E-state index in [1.165, 1.54) is 31.4 Å². The monoisotopic (exact) mass is 513 g/mol. The molecule has 9 nitrogen and oxygen atoms in total. The van der Waals surface area contributed by atoms with Crippen LogP contribution >= 0.6 is 0 Å². The van der Waals surface area contributed by atoms with E-state index < -0.39 is 35.3 Å². The molecule has 3 aromatic rings. The predicted octanol–water partition coefficient (Wildman–Crippen LogP) is 4.06. The first-order valence-electron chi connectivity index (χ1n) is 11.7. The van der Waals surface area contributed by atoms with Crippen molar-refractivity contribution in [2.45, 2.75) is 46.3 Å².